The van der Waals surface area contributed by atoms with Crippen LogP contribution in [0.4, 0.5) is 8.78 Å². The van der Waals surface area contributed by atoms with Crippen LogP contribution in [0.2, 0.25) is 0 Å². The van der Waals surface area contributed by atoms with Crippen molar-refractivity contribution in [3.63, 3.8) is 0 Å². The fourth-order valence-corrected chi connectivity index (χ4v) is 2.15. The highest BCUT2D eigenvalue weighted by molar-refractivity contribution is 7.92. The number of carbonyl (C=O) groups excluding carboxylic acids is 1. The van der Waals surface area contributed by atoms with E-state index in [0.717, 1.165) is 6.92 Å². The molecule has 0 rings (SSSR count). The van der Waals surface area contributed by atoms with Crippen LogP contribution in [0.5, 0.6) is 0 Å². The fraction of sp³-hybridized carbons (Fsp3) is 0.857. The van der Waals surface area contributed by atoms with Crippen LogP contribution in [0.15, 0.2) is 0 Å². The summed E-state index contributed by atoms with van der Waals surface area (Å²) in [4.78, 5) is 10.4. The average Bonchev–Trinajstić information content (AvgIpc) is 1.79. The third-order valence-electron chi connectivity index (χ3n) is 1.28. The normalized spacial score (nSPS) is 12.9. The van der Waals surface area contributed by atoms with Crippen LogP contribution in [-0.2, 0) is 14.6 Å². The van der Waals surface area contributed by atoms with Gasteiger partial charge in [-0.3, -0.25) is 4.79 Å². The Bertz CT molecular complexity index is 277. The highest BCUT2D eigenvalue weighted by Crippen LogP contribution is 2.17. The van der Waals surface area contributed by atoms with Crippen molar-refractivity contribution in [2.45, 2.75) is 26.2 Å². The number of ketones is 1. The molecule has 0 unspecified atom stereocenters. The van der Waals surface area contributed by atoms with Crippen LogP contribution in [0.3, 0.4) is 0 Å². The maximum absolute atomic E-state index is 12.2. The van der Waals surface area contributed by atoms with Crippen LogP contribution < -0.4 is 0 Å². The second-order valence-electron chi connectivity index (χ2n) is 3.11. The first-order valence-electron chi connectivity index (χ1n) is 3.70. The van der Waals surface area contributed by atoms with Crippen LogP contribution in [0.1, 0.15) is 20.3 Å². The summed E-state index contributed by atoms with van der Waals surface area (Å²) in [5.74, 6) is -4.82. The van der Waals surface area contributed by atoms with Crippen LogP contribution in [0.25, 0.3) is 0 Å². The van der Waals surface area contributed by atoms with Crippen LogP contribution in [0, 0.1) is 0 Å². The van der Waals surface area contributed by atoms with Crippen molar-refractivity contribution in [2.75, 3.05) is 11.5 Å². The number of rotatable bonds is 5. The molecule has 0 aliphatic carbocycles. The Morgan fingerprint density at radius 2 is 1.85 bits per heavy atom. The molecule has 0 aromatic heterocycles. The monoisotopic (exact) mass is 214 g/mol. The molecule has 78 valence electrons. The zero-order valence-electron chi connectivity index (χ0n) is 7.51. The molecule has 0 atom stereocenters. The van der Waals surface area contributed by atoms with Gasteiger partial charge in [-0.05, 0) is 13.8 Å². The van der Waals surface area contributed by atoms with E-state index in [1.54, 1.807) is 0 Å². The second kappa shape index (κ2) is 4.13. The van der Waals surface area contributed by atoms with Crippen molar-refractivity contribution in [3.8, 4) is 0 Å². The predicted molar refractivity (Wildman–Crippen MR) is 44.6 cm³/mol. The molecule has 0 saturated carbocycles. The van der Waals surface area contributed by atoms with Gasteiger partial charge < -0.3 is 0 Å². The maximum atomic E-state index is 12.2. The minimum absolute atomic E-state index is 0.528. The molecule has 0 bridgehead atoms. The molecule has 0 amide bonds. The Labute approximate surface area is 76.0 Å². The summed E-state index contributed by atoms with van der Waals surface area (Å²) in [6.45, 7) is 1.76. The first-order valence-corrected chi connectivity index (χ1v) is 5.52. The molecule has 0 N–H and O–H groups in total. The van der Waals surface area contributed by atoms with Gasteiger partial charge in [0.05, 0.1) is 5.75 Å². The van der Waals surface area contributed by atoms with Crippen molar-refractivity contribution in [3.05, 3.63) is 0 Å². The van der Waals surface area contributed by atoms with Crippen molar-refractivity contribution >= 4 is 15.6 Å². The minimum atomic E-state index is -3.64. The van der Waals surface area contributed by atoms with Crippen LogP contribution in [-0.4, -0.2) is 31.6 Å². The molecule has 0 aliphatic rings. The molecule has 0 fully saturated rings. The van der Waals surface area contributed by atoms with Gasteiger partial charge in [-0.15, -0.1) is 0 Å². The molecule has 0 spiro atoms. The van der Waals surface area contributed by atoms with E-state index in [1.807, 2.05) is 0 Å². The maximum Gasteiger partial charge on any atom is 0.246 e. The summed E-state index contributed by atoms with van der Waals surface area (Å²) in [5.41, 5.74) is 0. The Balaban J connectivity index is 4.13. The number of hydrogen-bond acceptors (Lipinski definition) is 3. The SMILES string of the molecule is CC(=O)CS(=O)(=O)CCC(C)(F)F. The number of sulfone groups is 1. The van der Waals surface area contributed by atoms with Gasteiger partial charge in [0.2, 0.25) is 5.92 Å². The Kier molecular flexibility index (Phi) is 3.96. The standard InChI is InChI=1S/C7H12F2O3S/c1-6(10)5-13(11,12)4-3-7(2,8)9/h3-5H2,1-2H3. The Hall–Kier alpha value is -0.520. The van der Waals surface area contributed by atoms with E-state index < -0.39 is 39.5 Å². The number of carbonyl (C=O) groups is 1. The molecule has 0 heterocycles. The highest BCUT2D eigenvalue weighted by Gasteiger charge is 2.25. The van der Waals surface area contributed by atoms with Crippen molar-refractivity contribution in [1.29, 1.82) is 0 Å². The van der Waals surface area contributed by atoms with E-state index in [1.165, 1.54) is 0 Å². The van der Waals surface area contributed by atoms with E-state index in [0.29, 0.717) is 6.92 Å². The molecule has 0 aromatic carbocycles. The summed E-state index contributed by atoms with van der Waals surface area (Å²) in [5, 5.41) is 0. The summed E-state index contributed by atoms with van der Waals surface area (Å²) in [6.07, 6.45) is -0.734. The summed E-state index contributed by atoms with van der Waals surface area (Å²) in [6, 6.07) is 0. The lowest BCUT2D eigenvalue weighted by atomic mass is 10.3. The van der Waals surface area contributed by atoms with Gasteiger partial charge in [-0.2, -0.15) is 0 Å². The fourth-order valence-electron chi connectivity index (χ4n) is 0.717. The van der Waals surface area contributed by atoms with Gasteiger partial charge in [0, 0.05) is 6.42 Å². The van der Waals surface area contributed by atoms with Crippen LogP contribution >= 0.6 is 0 Å². The van der Waals surface area contributed by atoms with Crippen molar-refractivity contribution in [1.82, 2.24) is 0 Å². The average molecular weight is 214 g/mol. The first-order chi connectivity index (χ1) is 5.62. The summed E-state index contributed by atoms with van der Waals surface area (Å²) in [7, 11) is -3.64. The molecule has 0 aliphatic heterocycles. The molecule has 3 nitrogen and oxygen atoms in total. The lowest BCUT2D eigenvalue weighted by Crippen LogP contribution is -2.22. The largest absolute Gasteiger partial charge is 0.299 e. The molecule has 13 heavy (non-hydrogen) atoms. The predicted octanol–water partition coefficient (Wildman–Crippen LogP) is 1.04. The minimum Gasteiger partial charge on any atom is -0.299 e. The Morgan fingerprint density at radius 1 is 1.38 bits per heavy atom. The van der Waals surface area contributed by atoms with Gasteiger partial charge in [-0.25, -0.2) is 17.2 Å². The van der Waals surface area contributed by atoms with Gasteiger partial charge in [0.1, 0.15) is 11.5 Å². The first kappa shape index (κ1) is 12.5. The van der Waals surface area contributed by atoms with E-state index in [-0.39, 0.29) is 0 Å². The zero-order chi connectivity index (χ0) is 10.7. The third-order valence-corrected chi connectivity index (χ3v) is 2.95. The number of alkyl halides is 2. The number of hydrogen-bond donors (Lipinski definition) is 0. The molecular weight excluding hydrogens is 202 g/mol. The third kappa shape index (κ3) is 7.83. The summed E-state index contributed by atoms with van der Waals surface area (Å²) < 4.78 is 46.3. The number of halogens is 2. The molecule has 0 radical (unpaired) electrons. The number of Topliss-reactive ketones (excluding diaryl/α,β-unsaturated/α-hetero) is 1. The van der Waals surface area contributed by atoms with E-state index in [4.69, 9.17) is 0 Å². The van der Waals surface area contributed by atoms with E-state index in [9.17, 15) is 22.0 Å². The van der Waals surface area contributed by atoms with E-state index in [2.05, 4.69) is 0 Å². The quantitative estimate of drug-likeness (QED) is 0.687. The van der Waals surface area contributed by atoms with Gasteiger partial charge in [0.15, 0.2) is 9.84 Å². The van der Waals surface area contributed by atoms with E-state index >= 15 is 0 Å². The summed E-state index contributed by atoms with van der Waals surface area (Å²) >= 11 is 0. The lowest BCUT2D eigenvalue weighted by Gasteiger charge is -2.09. The van der Waals surface area contributed by atoms with Crippen molar-refractivity contribution < 1.29 is 22.0 Å². The topological polar surface area (TPSA) is 51.2 Å². The molecule has 0 aromatic rings. The van der Waals surface area contributed by atoms with Gasteiger partial charge in [-0.1, -0.05) is 0 Å². The molecule has 0 saturated heterocycles. The van der Waals surface area contributed by atoms with Crippen molar-refractivity contribution in [2.24, 2.45) is 0 Å². The highest BCUT2D eigenvalue weighted by atomic mass is 32.2. The zero-order valence-corrected chi connectivity index (χ0v) is 8.33. The van der Waals surface area contributed by atoms with Gasteiger partial charge >= 0.3 is 0 Å². The van der Waals surface area contributed by atoms with Gasteiger partial charge in [0.25, 0.3) is 0 Å². The smallest absolute Gasteiger partial charge is 0.246 e. The Morgan fingerprint density at radius 3 is 2.15 bits per heavy atom. The molecule has 6 heteroatoms. The lowest BCUT2D eigenvalue weighted by molar-refractivity contribution is -0.114. The molecular formula is C7H12F2O3S. The second-order valence-corrected chi connectivity index (χ2v) is 5.30.